The molecular formula is C15H22N2O3S. The van der Waals surface area contributed by atoms with E-state index in [1.165, 1.54) is 5.56 Å². The van der Waals surface area contributed by atoms with E-state index >= 15 is 0 Å². The van der Waals surface area contributed by atoms with Crippen LogP contribution < -0.4 is 10.5 Å². The van der Waals surface area contributed by atoms with Crippen LogP contribution in [0.5, 0.6) is 5.88 Å². The van der Waals surface area contributed by atoms with Crippen molar-refractivity contribution in [2.45, 2.75) is 25.7 Å². The fourth-order valence-electron chi connectivity index (χ4n) is 2.34. The van der Waals surface area contributed by atoms with Crippen LogP contribution in [0.3, 0.4) is 0 Å². The number of nitrogens with two attached hydrogens (primary N) is 1. The molecule has 2 N–H and O–H groups in total. The molecule has 0 fully saturated rings. The third-order valence-electron chi connectivity index (χ3n) is 3.38. The first-order valence-electron chi connectivity index (χ1n) is 7.24. The van der Waals surface area contributed by atoms with Gasteiger partial charge in [-0.1, -0.05) is 12.2 Å². The fraction of sp³-hybridized carbons (Fsp3) is 0.600. The first-order valence-corrected chi connectivity index (χ1v) is 7.65. The Morgan fingerprint density at radius 1 is 1.29 bits per heavy atom. The Hall–Kier alpha value is -1.24. The van der Waals surface area contributed by atoms with Crippen molar-refractivity contribution in [2.75, 3.05) is 33.5 Å². The van der Waals surface area contributed by atoms with Crippen molar-refractivity contribution >= 4 is 17.2 Å². The molecule has 2 rings (SSSR count). The topological polar surface area (TPSA) is 66.6 Å². The van der Waals surface area contributed by atoms with E-state index in [2.05, 4.69) is 4.98 Å². The van der Waals surface area contributed by atoms with Crippen LogP contribution in [0.25, 0.3) is 0 Å². The van der Waals surface area contributed by atoms with Crippen LogP contribution in [-0.2, 0) is 22.3 Å². The maximum absolute atomic E-state index is 5.76. The highest BCUT2D eigenvalue weighted by Gasteiger charge is 2.18. The summed E-state index contributed by atoms with van der Waals surface area (Å²) in [6.07, 6.45) is 4.05. The van der Waals surface area contributed by atoms with E-state index in [1.54, 1.807) is 7.11 Å². The van der Waals surface area contributed by atoms with Gasteiger partial charge in [0, 0.05) is 26.0 Å². The molecule has 0 aliphatic heterocycles. The molecule has 0 amide bonds. The zero-order valence-corrected chi connectivity index (χ0v) is 13.2. The predicted molar refractivity (Wildman–Crippen MR) is 85.0 cm³/mol. The number of hydrogen-bond donors (Lipinski definition) is 1. The lowest BCUT2D eigenvalue weighted by atomic mass is 10.1. The Morgan fingerprint density at radius 3 is 2.90 bits per heavy atom. The number of aryl methyl sites for hydroxylation is 2. The number of rotatable bonds is 9. The highest BCUT2D eigenvalue weighted by atomic mass is 32.1. The lowest BCUT2D eigenvalue weighted by Crippen LogP contribution is -2.16. The van der Waals surface area contributed by atoms with Gasteiger partial charge in [-0.2, -0.15) is 0 Å². The molecule has 6 heteroatoms. The molecule has 0 saturated heterocycles. The van der Waals surface area contributed by atoms with Crippen LogP contribution in [0.2, 0.25) is 0 Å². The van der Waals surface area contributed by atoms with E-state index < -0.39 is 0 Å². The highest BCUT2D eigenvalue weighted by Crippen LogP contribution is 2.26. The van der Waals surface area contributed by atoms with Crippen molar-refractivity contribution in [1.29, 1.82) is 0 Å². The monoisotopic (exact) mass is 310 g/mol. The largest absolute Gasteiger partial charge is 0.475 e. The van der Waals surface area contributed by atoms with Crippen LogP contribution in [-0.4, -0.2) is 43.5 Å². The first-order chi connectivity index (χ1) is 10.2. The summed E-state index contributed by atoms with van der Waals surface area (Å²) in [5.74, 6) is 0.531. The number of hydrogen-bond acceptors (Lipinski definition) is 5. The molecule has 0 spiro atoms. The zero-order valence-electron chi connectivity index (χ0n) is 12.4. The predicted octanol–water partition coefficient (Wildman–Crippen LogP) is 1.64. The number of nitrogens with zero attached hydrogens (tertiary/aromatic N) is 1. The summed E-state index contributed by atoms with van der Waals surface area (Å²) in [5.41, 5.74) is 8.83. The summed E-state index contributed by atoms with van der Waals surface area (Å²) in [6.45, 7) is 2.32. The summed E-state index contributed by atoms with van der Waals surface area (Å²) < 4.78 is 16.1. The van der Waals surface area contributed by atoms with Gasteiger partial charge < -0.3 is 19.9 Å². The molecule has 0 radical (unpaired) electrons. The lowest BCUT2D eigenvalue weighted by molar-refractivity contribution is 0.0795. The molecule has 1 aromatic rings. The minimum absolute atomic E-state index is 0.327. The lowest BCUT2D eigenvalue weighted by Gasteiger charge is -2.12. The second kappa shape index (κ2) is 8.26. The van der Waals surface area contributed by atoms with Gasteiger partial charge in [0.25, 0.3) is 0 Å². The molecule has 0 bridgehead atoms. The third-order valence-corrected chi connectivity index (χ3v) is 3.60. The molecule has 21 heavy (non-hydrogen) atoms. The zero-order chi connectivity index (χ0) is 15.1. The Labute approximate surface area is 130 Å². The van der Waals surface area contributed by atoms with Crippen molar-refractivity contribution < 1.29 is 14.2 Å². The van der Waals surface area contributed by atoms with Gasteiger partial charge in [-0.05, 0) is 37.3 Å². The third kappa shape index (κ3) is 4.62. The highest BCUT2D eigenvalue weighted by molar-refractivity contribution is 7.80. The van der Waals surface area contributed by atoms with E-state index in [9.17, 15) is 0 Å². The quantitative estimate of drug-likeness (QED) is 0.552. The number of methoxy groups -OCH3 is 1. The molecule has 1 aromatic heterocycles. The van der Waals surface area contributed by atoms with Gasteiger partial charge in [-0.25, -0.2) is 4.98 Å². The molecule has 116 valence electrons. The summed E-state index contributed by atoms with van der Waals surface area (Å²) >= 11 is 5.08. The molecule has 1 aliphatic rings. The minimum atomic E-state index is 0.327. The molecular weight excluding hydrogens is 288 g/mol. The number of fused-ring (bicyclic) bond motifs is 1. The fourth-order valence-corrected chi connectivity index (χ4v) is 2.49. The number of thiocarbonyl (C=S) groups is 1. The maximum Gasteiger partial charge on any atom is 0.224 e. The van der Waals surface area contributed by atoms with Crippen molar-refractivity contribution in [2.24, 2.45) is 5.73 Å². The standard InChI is InChI=1S/C15H22N2O3S/c1-18-6-3-7-19-8-9-20-15-12(14(16)21)10-11-4-2-5-13(11)17-15/h10H,2-9H2,1H3,(H2,16,21). The molecule has 5 nitrogen and oxygen atoms in total. The second-order valence-electron chi connectivity index (χ2n) is 4.97. The van der Waals surface area contributed by atoms with Crippen molar-refractivity contribution in [3.63, 3.8) is 0 Å². The molecule has 1 heterocycles. The van der Waals surface area contributed by atoms with Crippen molar-refractivity contribution in [3.8, 4) is 5.88 Å². The first kappa shape index (κ1) is 16.1. The maximum atomic E-state index is 5.76. The average molecular weight is 310 g/mol. The van der Waals surface area contributed by atoms with Gasteiger partial charge in [0.2, 0.25) is 5.88 Å². The summed E-state index contributed by atoms with van der Waals surface area (Å²) in [6, 6.07) is 2.02. The SMILES string of the molecule is COCCCOCCOc1nc2c(cc1C(N)=S)CCC2. The van der Waals surface area contributed by atoms with Crippen molar-refractivity contribution in [3.05, 3.63) is 22.9 Å². The van der Waals surface area contributed by atoms with Gasteiger partial charge in [0.1, 0.15) is 11.6 Å². The average Bonchev–Trinajstić information content (AvgIpc) is 2.92. The molecule has 1 aliphatic carbocycles. The van der Waals surface area contributed by atoms with Crippen LogP contribution in [0, 0.1) is 0 Å². The Balaban J connectivity index is 1.86. The number of pyridine rings is 1. The normalized spacial score (nSPS) is 13.2. The Kier molecular flexibility index (Phi) is 6.35. The number of ether oxygens (including phenoxy) is 3. The van der Waals surface area contributed by atoms with Crippen LogP contribution in [0.4, 0.5) is 0 Å². The molecule has 0 saturated carbocycles. The van der Waals surface area contributed by atoms with Gasteiger partial charge >= 0.3 is 0 Å². The van der Waals surface area contributed by atoms with Gasteiger partial charge in [0.15, 0.2) is 0 Å². The van der Waals surface area contributed by atoms with Crippen LogP contribution in [0.1, 0.15) is 29.7 Å². The second-order valence-corrected chi connectivity index (χ2v) is 5.41. The van der Waals surface area contributed by atoms with E-state index in [1.807, 2.05) is 6.07 Å². The summed E-state index contributed by atoms with van der Waals surface area (Å²) in [5, 5.41) is 0. The van der Waals surface area contributed by atoms with Gasteiger partial charge in [-0.15, -0.1) is 0 Å². The Morgan fingerprint density at radius 2 is 2.14 bits per heavy atom. The van der Waals surface area contributed by atoms with Crippen LogP contribution >= 0.6 is 12.2 Å². The van der Waals surface area contributed by atoms with Crippen molar-refractivity contribution in [1.82, 2.24) is 4.98 Å². The van der Waals surface area contributed by atoms with Crippen LogP contribution in [0.15, 0.2) is 6.07 Å². The van der Waals surface area contributed by atoms with E-state index in [0.29, 0.717) is 37.3 Å². The Bertz CT molecular complexity index is 494. The molecule has 0 unspecified atom stereocenters. The summed E-state index contributed by atoms with van der Waals surface area (Å²) in [4.78, 5) is 4.88. The van der Waals surface area contributed by atoms with E-state index in [4.69, 9.17) is 32.2 Å². The van der Waals surface area contributed by atoms with E-state index in [-0.39, 0.29) is 0 Å². The molecule has 0 aromatic carbocycles. The minimum Gasteiger partial charge on any atom is -0.475 e. The van der Waals surface area contributed by atoms with E-state index in [0.717, 1.165) is 36.9 Å². The number of aromatic nitrogens is 1. The smallest absolute Gasteiger partial charge is 0.224 e. The van der Waals surface area contributed by atoms with Gasteiger partial charge in [-0.3, -0.25) is 0 Å². The summed E-state index contributed by atoms with van der Waals surface area (Å²) in [7, 11) is 1.68. The molecule has 0 atom stereocenters. The van der Waals surface area contributed by atoms with Gasteiger partial charge in [0.05, 0.1) is 12.2 Å².